The van der Waals surface area contributed by atoms with E-state index in [2.05, 4.69) is 14.8 Å². The van der Waals surface area contributed by atoms with Gasteiger partial charge >= 0.3 is 0 Å². The zero-order valence-corrected chi connectivity index (χ0v) is 15.3. The topological polar surface area (TPSA) is 59.8 Å². The molecule has 3 aliphatic heterocycles. The summed E-state index contributed by atoms with van der Waals surface area (Å²) in [6.07, 6.45) is 8.60. The normalized spacial score (nSPS) is 28.1. The molecule has 1 aromatic heterocycles. The second kappa shape index (κ2) is 7.22. The van der Waals surface area contributed by atoms with E-state index in [9.17, 15) is 10.2 Å². The Morgan fingerprint density at radius 2 is 2.00 bits per heavy atom. The predicted octanol–water partition coefficient (Wildman–Crippen LogP) is 2.28. The van der Waals surface area contributed by atoms with E-state index in [1.165, 1.54) is 45.2 Å². The van der Waals surface area contributed by atoms with Crippen molar-refractivity contribution in [2.75, 3.05) is 26.2 Å². The molecule has 0 spiro atoms. The fraction of sp³-hybridized carbons (Fsp3) is 0.750. The van der Waals surface area contributed by atoms with Gasteiger partial charge in [-0.15, -0.1) is 0 Å². The Balaban J connectivity index is 1.48. The molecule has 0 aromatic carbocycles. The van der Waals surface area contributed by atoms with Gasteiger partial charge < -0.3 is 10.2 Å². The molecule has 3 saturated heterocycles. The number of hydrogen-bond donors (Lipinski definition) is 2. The van der Waals surface area contributed by atoms with Crippen molar-refractivity contribution in [2.45, 2.75) is 58.2 Å². The van der Waals surface area contributed by atoms with Crippen molar-refractivity contribution >= 4 is 0 Å². The first-order valence-corrected chi connectivity index (χ1v) is 9.87. The Morgan fingerprint density at radius 1 is 1.16 bits per heavy atom. The van der Waals surface area contributed by atoms with Crippen molar-refractivity contribution in [3.8, 4) is 5.75 Å². The molecular weight excluding hydrogens is 314 g/mol. The summed E-state index contributed by atoms with van der Waals surface area (Å²) in [6, 6.07) is 0.655. The third-order valence-electron chi connectivity index (χ3n) is 6.60. The highest BCUT2D eigenvalue weighted by atomic mass is 16.3. The summed E-state index contributed by atoms with van der Waals surface area (Å²) in [5, 5.41) is 20.1. The Kier molecular flexibility index (Phi) is 4.98. The summed E-state index contributed by atoms with van der Waals surface area (Å²) >= 11 is 0. The van der Waals surface area contributed by atoms with Gasteiger partial charge in [-0.05, 0) is 44.4 Å². The lowest BCUT2D eigenvalue weighted by molar-refractivity contribution is 0.0890. The fourth-order valence-electron chi connectivity index (χ4n) is 4.86. The van der Waals surface area contributed by atoms with E-state index < -0.39 is 0 Å². The van der Waals surface area contributed by atoms with Crippen molar-refractivity contribution in [3.05, 3.63) is 23.0 Å². The summed E-state index contributed by atoms with van der Waals surface area (Å²) in [7, 11) is 0. The summed E-state index contributed by atoms with van der Waals surface area (Å²) in [4.78, 5) is 9.44. The molecule has 0 unspecified atom stereocenters. The van der Waals surface area contributed by atoms with Gasteiger partial charge in [0.25, 0.3) is 0 Å². The van der Waals surface area contributed by atoms with Crippen LogP contribution in [0, 0.1) is 18.8 Å². The SMILES string of the molecule is Cc1ncc(CO)c(CN2C[C@@H]3CC[C@H](C2)N(CC2CCC2)C3)c1O. The second-order valence-electron chi connectivity index (χ2n) is 8.40. The van der Waals surface area contributed by atoms with Crippen LogP contribution in [-0.2, 0) is 13.2 Å². The fourth-order valence-corrected chi connectivity index (χ4v) is 4.86. The third kappa shape index (κ3) is 3.55. The largest absolute Gasteiger partial charge is 0.506 e. The first kappa shape index (κ1) is 17.3. The highest BCUT2D eigenvalue weighted by Crippen LogP contribution is 2.34. The number of aromatic nitrogens is 1. The number of hydrogen-bond acceptors (Lipinski definition) is 5. The molecule has 4 heterocycles. The van der Waals surface area contributed by atoms with Crippen LogP contribution in [0.3, 0.4) is 0 Å². The maximum Gasteiger partial charge on any atom is 0.141 e. The van der Waals surface area contributed by atoms with Gasteiger partial charge in [0.15, 0.2) is 0 Å². The Hall–Kier alpha value is -1.17. The number of aromatic hydroxyl groups is 1. The molecule has 1 aliphatic carbocycles. The molecule has 25 heavy (non-hydrogen) atoms. The number of aliphatic hydroxyl groups is 1. The summed E-state index contributed by atoms with van der Waals surface area (Å²) in [6.45, 7) is 7.19. The molecule has 5 rings (SSSR count). The van der Waals surface area contributed by atoms with Crippen molar-refractivity contribution in [1.82, 2.24) is 14.8 Å². The van der Waals surface area contributed by atoms with Crippen LogP contribution < -0.4 is 0 Å². The van der Waals surface area contributed by atoms with Crippen LogP contribution in [-0.4, -0.2) is 57.2 Å². The summed E-state index contributed by atoms with van der Waals surface area (Å²) in [5.41, 5.74) is 2.27. The highest BCUT2D eigenvalue weighted by molar-refractivity contribution is 5.40. The van der Waals surface area contributed by atoms with Gasteiger partial charge in [-0.3, -0.25) is 14.8 Å². The van der Waals surface area contributed by atoms with Gasteiger partial charge in [0.05, 0.1) is 12.3 Å². The summed E-state index contributed by atoms with van der Waals surface area (Å²) in [5.74, 6) is 1.93. The molecule has 2 N–H and O–H groups in total. The van der Waals surface area contributed by atoms with Gasteiger partial charge in [0, 0.05) is 56.1 Å². The number of nitrogens with zero attached hydrogens (tertiary/aromatic N) is 3. The van der Waals surface area contributed by atoms with E-state index in [-0.39, 0.29) is 12.4 Å². The van der Waals surface area contributed by atoms with Gasteiger partial charge in [-0.2, -0.15) is 0 Å². The molecule has 2 bridgehead atoms. The van der Waals surface area contributed by atoms with E-state index >= 15 is 0 Å². The van der Waals surface area contributed by atoms with Crippen LogP contribution in [0.1, 0.15) is 48.9 Å². The van der Waals surface area contributed by atoms with Crippen LogP contribution in [0.4, 0.5) is 0 Å². The molecule has 4 aliphatic rings. The number of pyridine rings is 1. The molecule has 1 saturated carbocycles. The Morgan fingerprint density at radius 3 is 2.72 bits per heavy atom. The highest BCUT2D eigenvalue weighted by Gasteiger charge is 2.36. The van der Waals surface area contributed by atoms with Crippen LogP contribution in [0.15, 0.2) is 6.20 Å². The van der Waals surface area contributed by atoms with Crippen LogP contribution in [0.5, 0.6) is 5.75 Å². The average molecular weight is 345 g/mol. The molecule has 1 aromatic rings. The minimum Gasteiger partial charge on any atom is -0.506 e. The molecule has 4 fully saturated rings. The number of aliphatic hydroxyl groups excluding tert-OH is 1. The van der Waals surface area contributed by atoms with Crippen LogP contribution >= 0.6 is 0 Å². The van der Waals surface area contributed by atoms with Crippen LogP contribution in [0.2, 0.25) is 0 Å². The molecule has 138 valence electrons. The lowest BCUT2D eigenvalue weighted by atomic mass is 9.83. The van der Waals surface area contributed by atoms with Crippen molar-refractivity contribution in [2.24, 2.45) is 11.8 Å². The van der Waals surface area contributed by atoms with E-state index in [1.807, 2.05) is 6.92 Å². The summed E-state index contributed by atoms with van der Waals surface area (Å²) < 4.78 is 0. The number of piperidine rings is 1. The van der Waals surface area contributed by atoms with Crippen molar-refractivity contribution in [3.63, 3.8) is 0 Å². The van der Waals surface area contributed by atoms with Gasteiger partial charge in [-0.1, -0.05) is 6.42 Å². The standard InChI is InChI=1S/C20H31N3O2/c1-14-20(25)19(17(13-24)7-21-14)12-22-8-16-5-6-18(11-22)23(10-16)9-15-3-2-4-15/h7,15-16,18,24-25H,2-6,8-13H2,1H3/t16-,18+/m0/s1. The van der Waals surface area contributed by atoms with E-state index in [4.69, 9.17) is 0 Å². The quantitative estimate of drug-likeness (QED) is 0.857. The third-order valence-corrected chi connectivity index (χ3v) is 6.60. The van der Waals surface area contributed by atoms with Gasteiger partial charge in [0.2, 0.25) is 0 Å². The van der Waals surface area contributed by atoms with Crippen molar-refractivity contribution in [1.29, 1.82) is 0 Å². The molecule has 0 radical (unpaired) electrons. The lowest BCUT2D eigenvalue weighted by Gasteiger charge is -2.40. The Labute approximate surface area is 150 Å². The first-order valence-electron chi connectivity index (χ1n) is 9.87. The maximum absolute atomic E-state index is 10.5. The van der Waals surface area contributed by atoms with Gasteiger partial charge in [0.1, 0.15) is 5.75 Å². The number of fused-ring (bicyclic) bond motifs is 4. The van der Waals surface area contributed by atoms with Crippen LogP contribution in [0.25, 0.3) is 0 Å². The average Bonchev–Trinajstić information content (AvgIpc) is 2.86. The maximum atomic E-state index is 10.5. The van der Waals surface area contributed by atoms with Gasteiger partial charge in [-0.25, -0.2) is 0 Å². The Bertz CT molecular complexity index is 617. The number of rotatable bonds is 5. The number of aryl methyl sites for hydroxylation is 1. The first-order chi connectivity index (χ1) is 12.1. The smallest absolute Gasteiger partial charge is 0.141 e. The van der Waals surface area contributed by atoms with E-state index in [0.29, 0.717) is 11.7 Å². The molecule has 0 amide bonds. The minimum atomic E-state index is -0.0648. The predicted molar refractivity (Wildman–Crippen MR) is 97.3 cm³/mol. The molecule has 5 heteroatoms. The molecular formula is C20H31N3O2. The molecule has 5 nitrogen and oxygen atoms in total. The molecule has 2 atom stereocenters. The minimum absolute atomic E-state index is 0.0648. The van der Waals surface area contributed by atoms with E-state index in [1.54, 1.807) is 6.20 Å². The van der Waals surface area contributed by atoms with E-state index in [0.717, 1.165) is 42.6 Å². The zero-order valence-electron chi connectivity index (χ0n) is 15.3. The monoisotopic (exact) mass is 345 g/mol. The second-order valence-corrected chi connectivity index (χ2v) is 8.40. The lowest BCUT2D eigenvalue weighted by Crippen LogP contribution is -2.46. The van der Waals surface area contributed by atoms with Crippen molar-refractivity contribution < 1.29 is 10.2 Å². The zero-order chi connectivity index (χ0) is 17.4.